The van der Waals surface area contributed by atoms with Gasteiger partial charge in [0.2, 0.25) is 5.82 Å². The highest BCUT2D eigenvalue weighted by Crippen LogP contribution is 2.26. The van der Waals surface area contributed by atoms with Gasteiger partial charge in [-0.3, -0.25) is 14.2 Å². The molecular weight excluding hydrogens is 413 g/mol. The Morgan fingerprint density at radius 3 is 2.59 bits per heavy atom. The summed E-state index contributed by atoms with van der Waals surface area (Å²) in [6, 6.07) is 11.6. The second-order valence-corrected chi connectivity index (χ2v) is 8.19. The second kappa shape index (κ2) is 8.70. The number of hydrogen-bond donors (Lipinski definition) is 0. The lowest BCUT2D eigenvalue weighted by Gasteiger charge is -2.19. The van der Waals surface area contributed by atoms with Gasteiger partial charge in [-0.25, -0.2) is 9.36 Å². The molecule has 7 nitrogen and oxygen atoms in total. The van der Waals surface area contributed by atoms with E-state index >= 15 is 0 Å². The predicted octanol–water partition coefficient (Wildman–Crippen LogP) is 3.37. The molecule has 1 aromatic carbocycles. The lowest BCUT2D eigenvalue weighted by Crippen LogP contribution is -2.43. The highest BCUT2D eigenvalue weighted by molar-refractivity contribution is 5.97. The molecular formula is C24H26FN3O4. The van der Waals surface area contributed by atoms with Gasteiger partial charge in [0.15, 0.2) is 5.78 Å². The Bertz CT molecular complexity index is 1270. The van der Waals surface area contributed by atoms with Crippen molar-refractivity contribution in [2.45, 2.75) is 52.4 Å². The molecule has 1 saturated heterocycles. The monoisotopic (exact) mass is 439 g/mol. The Balaban J connectivity index is 1.69. The number of nitrogens with zero attached hydrogens (tertiary/aromatic N) is 3. The Labute approximate surface area is 184 Å². The van der Waals surface area contributed by atoms with Crippen LogP contribution in [0.2, 0.25) is 0 Å². The molecule has 2 aromatic heterocycles. The smallest absolute Gasteiger partial charge is 0.333 e. The normalized spacial score (nSPS) is 16.9. The number of ether oxygens (including phenoxy) is 1. The van der Waals surface area contributed by atoms with E-state index in [1.807, 2.05) is 55.7 Å². The average molecular weight is 439 g/mol. The summed E-state index contributed by atoms with van der Waals surface area (Å²) >= 11 is 0. The van der Waals surface area contributed by atoms with Gasteiger partial charge in [0.05, 0.1) is 18.8 Å². The van der Waals surface area contributed by atoms with Crippen LogP contribution in [0.5, 0.6) is 0 Å². The highest BCUT2D eigenvalue weighted by atomic mass is 19.1. The van der Waals surface area contributed by atoms with E-state index in [1.165, 1.54) is 0 Å². The largest absolute Gasteiger partial charge is 0.358 e. The molecule has 8 heteroatoms. The fourth-order valence-electron chi connectivity index (χ4n) is 4.48. The van der Waals surface area contributed by atoms with Crippen LogP contribution >= 0.6 is 0 Å². The summed E-state index contributed by atoms with van der Waals surface area (Å²) in [4.78, 5) is 38.4. The molecule has 0 aliphatic carbocycles. The molecule has 0 bridgehead atoms. The number of aromatic nitrogens is 3. The molecule has 0 spiro atoms. The number of aryl methyl sites for hydroxylation is 1. The van der Waals surface area contributed by atoms with Gasteiger partial charge in [-0.2, -0.15) is 4.39 Å². The minimum Gasteiger partial charge on any atom is -0.358 e. The SMILES string of the molecule is Cc1cc(C(=O)Cn2c(=O)c(F)cn([C@H]3CCCO3)c2=O)c(C)n1[C@H](C)c1ccccc1. The van der Waals surface area contributed by atoms with Crippen LogP contribution in [0.1, 0.15) is 59.3 Å². The van der Waals surface area contributed by atoms with Gasteiger partial charge in [0.25, 0.3) is 5.56 Å². The van der Waals surface area contributed by atoms with Crippen molar-refractivity contribution in [3.05, 3.63) is 91.8 Å². The van der Waals surface area contributed by atoms with Crippen molar-refractivity contribution in [1.29, 1.82) is 0 Å². The summed E-state index contributed by atoms with van der Waals surface area (Å²) in [5, 5.41) is 0. The predicted molar refractivity (Wildman–Crippen MR) is 118 cm³/mol. The maximum absolute atomic E-state index is 14.3. The Morgan fingerprint density at radius 1 is 1.22 bits per heavy atom. The molecule has 1 aliphatic heterocycles. The first kappa shape index (κ1) is 22.0. The number of benzene rings is 1. The molecule has 0 N–H and O–H groups in total. The van der Waals surface area contributed by atoms with E-state index < -0.39 is 35.6 Å². The first-order valence-corrected chi connectivity index (χ1v) is 10.7. The van der Waals surface area contributed by atoms with Gasteiger partial charge in [0.1, 0.15) is 6.23 Å². The van der Waals surface area contributed by atoms with Gasteiger partial charge in [-0.15, -0.1) is 0 Å². The van der Waals surface area contributed by atoms with Crippen LogP contribution in [-0.4, -0.2) is 26.1 Å². The molecule has 4 rings (SSSR count). The number of ketones is 1. The first-order chi connectivity index (χ1) is 15.3. The molecule has 1 fully saturated rings. The standard InChI is InChI=1S/C24H26FN3O4/c1-15-12-19(17(3)28(15)16(2)18-8-5-4-6-9-18)21(29)14-27-23(30)20(25)13-26(24(27)31)22-10-7-11-32-22/h4-6,8-9,12-13,16,22H,7,10-11,14H2,1-3H3/t16-,22-/m1/s1. The van der Waals surface area contributed by atoms with Crippen molar-refractivity contribution in [2.75, 3.05) is 6.61 Å². The topological polar surface area (TPSA) is 75.2 Å². The van der Waals surface area contributed by atoms with Gasteiger partial charge >= 0.3 is 5.69 Å². The molecule has 3 heterocycles. The zero-order chi connectivity index (χ0) is 23.0. The summed E-state index contributed by atoms with van der Waals surface area (Å²) in [5.41, 5.74) is 1.25. The Morgan fingerprint density at radius 2 is 1.94 bits per heavy atom. The van der Waals surface area contributed by atoms with Crippen LogP contribution < -0.4 is 11.2 Å². The number of halogens is 1. The number of rotatable bonds is 6. The summed E-state index contributed by atoms with van der Waals surface area (Å²) < 4.78 is 23.5. The van der Waals surface area contributed by atoms with Gasteiger partial charge in [0, 0.05) is 23.6 Å². The molecule has 0 radical (unpaired) electrons. The lowest BCUT2D eigenvalue weighted by molar-refractivity contribution is 0.0501. The number of Topliss-reactive ketones (excluding diaryl/α,β-unsaturated/α-hetero) is 1. The van der Waals surface area contributed by atoms with Crippen LogP contribution in [0.15, 0.2) is 52.2 Å². The maximum atomic E-state index is 14.3. The lowest BCUT2D eigenvalue weighted by atomic mass is 10.1. The van der Waals surface area contributed by atoms with E-state index in [0.29, 0.717) is 23.2 Å². The van der Waals surface area contributed by atoms with E-state index in [4.69, 9.17) is 4.74 Å². The fourth-order valence-corrected chi connectivity index (χ4v) is 4.48. The quantitative estimate of drug-likeness (QED) is 0.552. The Kier molecular flexibility index (Phi) is 5.97. The van der Waals surface area contributed by atoms with Crippen molar-refractivity contribution >= 4 is 5.78 Å². The van der Waals surface area contributed by atoms with Crippen molar-refractivity contribution in [2.24, 2.45) is 0 Å². The van der Waals surface area contributed by atoms with Gasteiger partial charge < -0.3 is 9.30 Å². The molecule has 168 valence electrons. The van der Waals surface area contributed by atoms with Gasteiger partial charge in [-0.1, -0.05) is 30.3 Å². The van der Waals surface area contributed by atoms with E-state index in [9.17, 15) is 18.8 Å². The third kappa shape index (κ3) is 3.86. The molecule has 0 saturated carbocycles. The van der Waals surface area contributed by atoms with E-state index in [0.717, 1.165) is 34.1 Å². The molecule has 1 aliphatic rings. The van der Waals surface area contributed by atoms with Crippen molar-refractivity contribution < 1.29 is 13.9 Å². The van der Waals surface area contributed by atoms with Crippen molar-refractivity contribution in [1.82, 2.24) is 13.7 Å². The second-order valence-electron chi connectivity index (χ2n) is 8.19. The zero-order valence-electron chi connectivity index (χ0n) is 18.4. The third-order valence-corrected chi connectivity index (χ3v) is 6.13. The van der Waals surface area contributed by atoms with Crippen molar-refractivity contribution in [3.8, 4) is 0 Å². The number of carbonyl (C=O) groups excluding carboxylic acids is 1. The molecule has 32 heavy (non-hydrogen) atoms. The molecule has 0 unspecified atom stereocenters. The van der Waals surface area contributed by atoms with Crippen LogP contribution in [0.25, 0.3) is 0 Å². The average Bonchev–Trinajstić information content (AvgIpc) is 3.42. The zero-order valence-corrected chi connectivity index (χ0v) is 18.4. The Hall–Kier alpha value is -3.26. The summed E-state index contributed by atoms with van der Waals surface area (Å²) in [5.74, 6) is -1.51. The van der Waals surface area contributed by atoms with E-state index in [1.54, 1.807) is 6.07 Å². The van der Waals surface area contributed by atoms with Crippen LogP contribution in [0, 0.1) is 19.7 Å². The molecule has 2 atom stereocenters. The van der Waals surface area contributed by atoms with Crippen molar-refractivity contribution in [3.63, 3.8) is 0 Å². The molecule has 0 amide bonds. The van der Waals surface area contributed by atoms with Crippen LogP contribution in [-0.2, 0) is 11.3 Å². The summed E-state index contributed by atoms with van der Waals surface area (Å²) in [7, 11) is 0. The fraction of sp³-hybridized carbons (Fsp3) is 0.375. The molecule has 3 aromatic rings. The highest BCUT2D eigenvalue weighted by Gasteiger charge is 2.25. The van der Waals surface area contributed by atoms with E-state index in [2.05, 4.69) is 0 Å². The van der Waals surface area contributed by atoms with Gasteiger partial charge in [-0.05, 0) is 45.2 Å². The maximum Gasteiger partial charge on any atom is 0.333 e. The van der Waals surface area contributed by atoms with Crippen LogP contribution in [0.3, 0.4) is 0 Å². The minimum absolute atomic E-state index is 0.00798. The number of hydrogen-bond acceptors (Lipinski definition) is 4. The van der Waals surface area contributed by atoms with E-state index in [-0.39, 0.29) is 6.04 Å². The minimum atomic E-state index is -1.11. The van der Waals surface area contributed by atoms with Crippen LogP contribution in [0.4, 0.5) is 4.39 Å². The summed E-state index contributed by atoms with van der Waals surface area (Å²) in [6.45, 7) is 5.70. The summed E-state index contributed by atoms with van der Waals surface area (Å²) in [6.07, 6.45) is 1.53. The third-order valence-electron chi connectivity index (χ3n) is 6.13. The number of carbonyl (C=O) groups is 1. The first-order valence-electron chi connectivity index (χ1n) is 10.7.